The zero-order chi connectivity index (χ0) is 19.4. The molecular weight excluding hydrogens is 334 g/mol. The van der Waals surface area contributed by atoms with Crippen LogP contribution in [0.25, 0.3) is 0 Å². The quantitative estimate of drug-likeness (QED) is 0.722. The number of aromatic nitrogens is 4. The molecule has 148 valence electrons. The van der Waals surface area contributed by atoms with Crippen LogP contribution >= 0.6 is 0 Å². The molecule has 2 aromatic rings. The fraction of sp³-hybridized carbons (Fsp3) is 0.682. The third kappa shape index (κ3) is 4.57. The summed E-state index contributed by atoms with van der Waals surface area (Å²) in [6, 6.07) is 11.2. The highest BCUT2D eigenvalue weighted by Crippen LogP contribution is 2.34. The topological polar surface area (TPSA) is 46.8 Å². The van der Waals surface area contributed by atoms with Crippen molar-refractivity contribution in [1.29, 1.82) is 0 Å². The summed E-state index contributed by atoms with van der Waals surface area (Å²) in [7, 11) is 0. The lowest BCUT2D eigenvalue weighted by Crippen LogP contribution is -2.42. The van der Waals surface area contributed by atoms with Crippen LogP contribution in [0.15, 0.2) is 30.3 Å². The van der Waals surface area contributed by atoms with Crippen molar-refractivity contribution < 1.29 is 0 Å². The third-order valence-electron chi connectivity index (χ3n) is 6.24. The monoisotopic (exact) mass is 369 g/mol. The van der Waals surface area contributed by atoms with E-state index in [1.807, 2.05) is 0 Å². The zero-order valence-electron chi connectivity index (χ0n) is 17.6. The summed E-state index contributed by atoms with van der Waals surface area (Å²) in [5, 5.41) is 12.9. The van der Waals surface area contributed by atoms with Gasteiger partial charge in [-0.15, -0.1) is 5.10 Å². The Morgan fingerprint density at radius 1 is 1.11 bits per heavy atom. The maximum Gasteiger partial charge on any atom is 0.169 e. The molecule has 0 amide bonds. The van der Waals surface area contributed by atoms with E-state index >= 15 is 0 Å². The first-order valence-electron chi connectivity index (χ1n) is 10.5. The summed E-state index contributed by atoms with van der Waals surface area (Å²) in [5.41, 5.74) is 1.41. The van der Waals surface area contributed by atoms with E-state index in [1.165, 1.54) is 24.8 Å². The first-order chi connectivity index (χ1) is 12.9. The van der Waals surface area contributed by atoms with Crippen LogP contribution < -0.4 is 0 Å². The molecule has 0 saturated carbocycles. The first kappa shape index (κ1) is 20.0. The van der Waals surface area contributed by atoms with E-state index in [0.717, 1.165) is 31.3 Å². The number of likely N-dealkylation sites (tertiary alicyclic amines) is 1. The van der Waals surface area contributed by atoms with Crippen LogP contribution in [0.4, 0.5) is 0 Å². The van der Waals surface area contributed by atoms with Gasteiger partial charge in [-0.1, -0.05) is 51.1 Å². The van der Waals surface area contributed by atoms with Crippen molar-refractivity contribution >= 4 is 0 Å². The van der Waals surface area contributed by atoms with Gasteiger partial charge < -0.3 is 0 Å². The minimum Gasteiger partial charge on any atom is -0.293 e. The van der Waals surface area contributed by atoms with Gasteiger partial charge in [-0.25, -0.2) is 4.68 Å². The molecule has 2 heterocycles. The van der Waals surface area contributed by atoms with Gasteiger partial charge in [-0.3, -0.25) is 4.90 Å². The molecule has 0 N–H and O–H groups in total. The second-order valence-electron chi connectivity index (χ2n) is 8.97. The molecule has 0 aliphatic carbocycles. The molecule has 1 aliphatic rings. The Hall–Kier alpha value is -1.75. The highest BCUT2D eigenvalue weighted by Gasteiger charge is 2.34. The Morgan fingerprint density at radius 2 is 1.78 bits per heavy atom. The summed E-state index contributed by atoms with van der Waals surface area (Å²) >= 11 is 0. The molecule has 0 radical (unpaired) electrons. The van der Waals surface area contributed by atoms with Gasteiger partial charge in [-0.05, 0) is 80.4 Å². The molecular formula is C22H35N5. The highest BCUT2D eigenvalue weighted by atomic mass is 15.6. The molecule has 1 aromatic carbocycles. The fourth-order valence-electron chi connectivity index (χ4n) is 4.23. The van der Waals surface area contributed by atoms with Crippen molar-refractivity contribution in [3.05, 3.63) is 41.7 Å². The second-order valence-corrected chi connectivity index (χ2v) is 8.97. The lowest BCUT2D eigenvalue weighted by Gasteiger charge is -2.39. The number of benzene rings is 1. The van der Waals surface area contributed by atoms with Gasteiger partial charge in [0.25, 0.3) is 0 Å². The maximum atomic E-state index is 4.47. The molecule has 5 heteroatoms. The van der Waals surface area contributed by atoms with E-state index in [2.05, 4.69) is 90.1 Å². The van der Waals surface area contributed by atoms with Crippen molar-refractivity contribution in [3.63, 3.8) is 0 Å². The van der Waals surface area contributed by atoms with Gasteiger partial charge in [0.05, 0.1) is 11.6 Å². The van der Waals surface area contributed by atoms with Crippen LogP contribution in [0, 0.1) is 11.8 Å². The van der Waals surface area contributed by atoms with E-state index < -0.39 is 0 Å². The van der Waals surface area contributed by atoms with Crippen LogP contribution in [-0.4, -0.2) is 38.2 Å². The Labute approximate surface area is 164 Å². The maximum absolute atomic E-state index is 4.47. The molecule has 0 spiro atoms. The lowest BCUT2D eigenvalue weighted by molar-refractivity contribution is 0.0902. The first-order valence-corrected chi connectivity index (χ1v) is 10.5. The van der Waals surface area contributed by atoms with E-state index in [4.69, 9.17) is 0 Å². The average molecular weight is 370 g/mol. The molecule has 1 atom stereocenters. The molecule has 1 fully saturated rings. The summed E-state index contributed by atoms with van der Waals surface area (Å²) in [5.74, 6) is 2.28. The predicted octanol–water partition coefficient (Wildman–Crippen LogP) is 4.47. The number of nitrogens with zero attached hydrogens (tertiary/aromatic N) is 5. The summed E-state index contributed by atoms with van der Waals surface area (Å²) < 4.78 is 2.06. The minimum absolute atomic E-state index is 0.0579. The predicted molar refractivity (Wildman–Crippen MR) is 109 cm³/mol. The Balaban J connectivity index is 1.70. The van der Waals surface area contributed by atoms with Crippen molar-refractivity contribution in [2.45, 2.75) is 71.9 Å². The van der Waals surface area contributed by atoms with Gasteiger partial charge in [0.1, 0.15) is 0 Å². The minimum atomic E-state index is -0.0579. The van der Waals surface area contributed by atoms with Crippen molar-refractivity contribution in [1.82, 2.24) is 25.1 Å². The Bertz CT molecular complexity index is 699. The number of hydrogen-bond acceptors (Lipinski definition) is 4. The highest BCUT2D eigenvalue weighted by molar-refractivity contribution is 5.15. The second kappa shape index (κ2) is 8.51. The number of rotatable bonds is 7. The van der Waals surface area contributed by atoms with E-state index in [0.29, 0.717) is 5.92 Å². The molecule has 3 rings (SSSR count). The standard InChI is InChI=1S/C22H35N5/c1-6-22(4,5)27-21(23-24-25-27)20(17(2)3)26-14-12-19(13-15-26)16-18-10-8-7-9-11-18/h7-11,17,19-20H,6,12-16H2,1-5H3/t20-/m1/s1. The van der Waals surface area contributed by atoms with Gasteiger partial charge in [0, 0.05) is 0 Å². The van der Waals surface area contributed by atoms with Crippen LogP contribution in [0.1, 0.15) is 71.3 Å². The number of hydrogen-bond donors (Lipinski definition) is 0. The smallest absolute Gasteiger partial charge is 0.169 e. The van der Waals surface area contributed by atoms with Crippen molar-refractivity contribution in [3.8, 4) is 0 Å². The largest absolute Gasteiger partial charge is 0.293 e. The van der Waals surface area contributed by atoms with Crippen molar-refractivity contribution in [2.24, 2.45) is 11.8 Å². The lowest BCUT2D eigenvalue weighted by atomic mass is 9.88. The molecule has 0 bridgehead atoms. The fourth-order valence-corrected chi connectivity index (χ4v) is 4.23. The van der Waals surface area contributed by atoms with E-state index in [9.17, 15) is 0 Å². The molecule has 1 aliphatic heterocycles. The number of tetrazole rings is 1. The Morgan fingerprint density at radius 3 is 2.37 bits per heavy atom. The molecule has 5 nitrogen and oxygen atoms in total. The summed E-state index contributed by atoms with van der Waals surface area (Å²) in [6.07, 6.45) is 4.70. The molecule has 1 aromatic heterocycles. The SMILES string of the molecule is CCC(C)(C)n1nnnc1[C@@H](C(C)C)N1CCC(Cc2ccccc2)CC1. The normalized spacial score (nSPS) is 18.1. The number of piperidine rings is 1. The summed E-state index contributed by atoms with van der Waals surface area (Å²) in [6.45, 7) is 13.5. The van der Waals surface area contributed by atoms with Crippen LogP contribution in [0.3, 0.4) is 0 Å². The van der Waals surface area contributed by atoms with Crippen LogP contribution in [0.5, 0.6) is 0 Å². The van der Waals surface area contributed by atoms with Gasteiger partial charge in [-0.2, -0.15) is 0 Å². The van der Waals surface area contributed by atoms with E-state index in [-0.39, 0.29) is 11.6 Å². The molecule has 1 saturated heterocycles. The Kier molecular flexibility index (Phi) is 6.30. The van der Waals surface area contributed by atoms with Crippen molar-refractivity contribution in [2.75, 3.05) is 13.1 Å². The van der Waals surface area contributed by atoms with Crippen LogP contribution in [0.2, 0.25) is 0 Å². The van der Waals surface area contributed by atoms with E-state index in [1.54, 1.807) is 0 Å². The zero-order valence-corrected chi connectivity index (χ0v) is 17.6. The van der Waals surface area contributed by atoms with Gasteiger partial charge >= 0.3 is 0 Å². The summed E-state index contributed by atoms with van der Waals surface area (Å²) in [4.78, 5) is 2.61. The molecule has 27 heavy (non-hydrogen) atoms. The third-order valence-corrected chi connectivity index (χ3v) is 6.24. The average Bonchev–Trinajstić information content (AvgIpc) is 3.14. The van der Waals surface area contributed by atoms with Gasteiger partial charge in [0.2, 0.25) is 0 Å². The van der Waals surface area contributed by atoms with Crippen LogP contribution in [-0.2, 0) is 12.0 Å². The molecule has 0 unspecified atom stereocenters. The van der Waals surface area contributed by atoms with Gasteiger partial charge in [0.15, 0.2) is 5.82 Å².